The molecule has 0 spiro atoms. The molecule has 2 rings (SSSR count). The quantitative estimate of drug-likeness (QED) is 0.904. The molecule has 1 aromatic carbocycles. The molecule has 0 heterocycles. The zero-order valence-corrected chi connectivity index (χ0v) is 13.0. The highest BCUT2D eigenvalue weighted by molar-refractivity contribution is 9.10. The first kappa shape index (κ1) is 13.9. The van der Waals surface area contributed by atoms with Crippen LogP contribution in [0.15, 0.2) is 10.5 Å². The highest BCUT2D eigenvalue weighted by Gasteiger charge is 2.35. The minimum atomic E-state index is -0.441. The molecule has 1 fully saturated rings. The lowest BCUT2D eigenvalue weighted by Crippen LogP contribution is -2.14. The predicted octanol–water partition coefficient (Wildman–Crippen LogP) is 4.15. The van der Waals surface area contributed by atoms with Gasteiger partial charge in [-0.2, -0.15) is 0 Å². The van der Waals surface area contributed by atoms with E-state index in [2.05, 4.69) is 22.9 Å². The second-order valence-corrected chi connectivity index (χ2v) is 6.24. The molecule has 0 aromatic heterocycles. The molecule has 0 bridgehead atoms. The van der Waals surface area contributed by atoms with Gasteiger partial charge in [0, 0.05) is 10.0 Å². The average Bonchev–Trinajstić information content (AvgIpc) is 3.15. The van der Waals surface area contributed by atoms with Crippen molar-refractivity contribution in [1.82, 2.24) is 0 Å². The molecular weight excluding hydrogens is 292 g/mol. The van der Waals surface area contributed by atoms with E-state index in [4.69, 9.17) is 4.74 Å². The molecule has 1 aromatic rings. The normalized spacial score (nSPS) is 18.6. The number of aliphatic hydroxyl groups is 1. The molecule has 2 atom stereocenters. The third-order valence-corrected chi connectivity index (χ3v) is 4.90. The predicted molar refractivity (Wildman–Crippen MR) is 77.0 cm³/mol. The van der Waals surface area contributed by atoms with Crippen molar-refractivity contribution in [2.24, 2.45) is 11.8 Å². The van der Waals surface area contributed by atoms with Gasteiger partial charge in [0.25, 0.3) is 0 Å². The van der Waals surface area contributed by atoms with Crippen molar-refractivity contribution in [3.63, 3.8) is 0 Å². The van der Waals surface area contributed by atoms with Crippen LogP contribution in [-0.4, -0.2) is 12.2 Å². The molecule has 3 heteroatoms. The van der Waals surface area contributed by atoms with Crippen LogP contribution in [0, 0.1) is 25.7 Å². The van der Waals surface area contributed by atoms with E-state index in [9.17, 15) is 5.11 Å². The third-order valence-electron chi connectivity index (χ3n) is 4.07. The first-order valence-corrected chi connectivity index (χ1v) is 7.28. The third kappa shape index (κ3) is 2.43. The summed E-state index contributed by atoms with van der Waals surface area (Å²) < 4.78 is 6.54. The van der Waals surface area contributed by atoms with Crippen molar-refractivity contribution in [2.45, 2.75) is 39.7 Å². The van der Waals surface area contributed by atoms with Gasteiger partial charge in [-0.05, 0) is 55.7 Å². The molecule has 1 aliphatic carbocycles. The summed E-state index contributed by atoms with van der Waals surface area (Å²) in [5, 5.41) is 10.6. The number of aliphatic hydroxyl groups excluding tert-OH is 1. The summed E-state index contributed by atoms with van der Waals surface area (Å²) in [6.45, 7) is 6.18. The lowest BCUT2D eigenvalue weighted by atomic mass is 9.89. The number of ether oxygens (including phenoxy) is 1. The Bertz CT molecular complexity index is 452. The van der Waals surface area contributed by atoms with Crippen LogP contribution in [0.3, 0.4) is 0 Å². The van der Waals surface area contributed by atoms with Gasteiger partial charge in [0.05, 0.1) is 13.2 Å². The summed E-state index contributed by atoms with van der Waals surface area (Å²) in [7, 11) is 1.67. The highest BCUT2D eigenvalue weighted by atomic mass is 79.9. The maximum atomic E-state index is 10.6. The molecule has 2 nitrogen and oxygen atoms in total. The molecule has 1 saturated carbocycles. The van der Waals surface area contributed by atoms with Crippen LogP contribution in [0.1, 0.15) is 42.6 Å². The molecule has 100 valence electrons. The average molecular weight is 313 g/mol. The lowest BCUT2D eigenvalue weighted by molar-refractivity contribution is 0.102. The summed E-state index contributed by atoms with van der Waals surface area (Å²) in [4.78, 5) is 0. The van der Waals surface area contributed by atoms with E-state index in [1.165, 1.54) is 12.8 Å². The van der Waals surface area contributed by atoms with E-state index < -0.39 is 6.10 Å². The highest BCUT2D eigenvalue weighted by Crippen LogP contribution is 2.46. The van der Waals surface area contributed by atoms with Gasteiger partial charge in [-0.15, -0.1) is 0 Å². The number of hydrogen-bond acceptors (Lipinski definition) is 2. The Hall–Kier alpha value is -0.540. The van der Waals surface area contributed by atoms with Crippen LogP contribution < -0.4 is 4.74 Å². The second-order valence-electron chi connectivity index (χ2n) is 5.39. The van der Waals surface area contributed by atoms with E-state index >= 15 is 0 Å². The smallest absolute Gasteiger partial charge is 0.127 e. The SMILES string of the molecule is COc1c(C)cc(Br)c(C)c1C(O)C(C)C1CC1. The number of aryl methyl sites for hydroxylation is 1. The lowest BCUT2D eigenvalue weighted by Gasteiger charge is -2.24. The Kier molecular flexibility index (Phi) is 4.02. The monoisotopic (exact) mass is 312 g/mol. The Balaban J connectivity index is 2.46. The standard InChI is InChI=1S/C15H21BrO2/c1-8-7-12(16)10(3)13(15(8)18-4)14(17)9(2)11-5-6-11/h7,9,11,14,17H,5-6H2,1-4H3. The minimum absolute atomic E-state index is 0.297. The summed E-state index contributed by atoms with van der Waals surface area (Å²) in [6, 6.07) is 2.05. The van der Waals surface area contributed by atoms with Crippen LogP contribution in [0.25, 0.3) is 0 Å². The number of hydrogen-bond donors (Lipinski definition) is 1. The fourth-order valence-corrected chi connectivity index (χ4v) is 3.20. The Morgan fingerprint density at radius 1 is 1.39 bits per heavy atom. The van der Waals surface area contributed by atoms with Crippen molar-refractivity contribution in [3.05, 3.63) is 27.2 Å². The summed E-state index contributed by atoms with van der Waals surface area (Å²) in [6.07, 6.45) is 2.04. The molecule has 0 amide bonds. The van der Waals surface area contributed by atoms with E-state index in [-0.39, 0.29) is 0 Å². The van der Waals surface area contributed by atoms with Gasteiger partial charge in [-0.3, -0.25) is 0 Å². The minimum Gasteiger partial charge on any atom is -0.496 e. The maximum absolute atomic E-state index is 10.6. The van der Waals surface area contributed by atoms with Gasteiger partial charge in [0.1, 0.15) is 5.75 Å². The molecule has 0 aliphatic heterocycles. The molecule has 2 unspecified atom stereocenters. The second kappa shape index (κ2) is 5.22. The van der Waals surface area contributed by atoms with Crippen molar-refractivity contribution >= 4 is 15.9 Å². The molecule has 0 saturated heterocycles. The molecule has 18 heavy (non-hydrogen) atoms. The van der Waals surface area contributed by atoms with Crippen LogP contribution in [0.5, 0.6) is 5.75 Å². The van der Waals surface area contributed by atoms with Crippen molar-refractivity contribution < 1.29 is 9.84 Å². The number of benzene rings is 1. The van der Waals surface area contributed by atoms with Crippen LogP contribution in [0.2, 0.25) is 0 Å². The first-order valence-electron chi connectivity index (χ1n) is 6.49. The Morgan fingerprint density at radius 3 is 2.50 bits per heavy atom. The van der Waals surface area contributed by atoms with E-state index in [1.54, 1.807) is 7.11 Å². The Labute approximate surface area is 117 Å². The van der Waals surface area contributed by atoms with Gasteiger partial charge in [-0.25, -0.2) is 0 Å². The summed E-state index contributed by atoms with van der Waals surface area (Å²) >= 11 is 3.56. The molecule has 1 aliphatic rings. The summed E-state index contributed by atoms with van der Waals surface area (Å²) in [5.74, 6) is 1.80. The number of rotatable bonds is 4. The fraction of sp³-hybridized carbons (Fsp3) is 0.600. The largest absolute Gasteiger partial charge is 0.496 e. The first-order chi connectivity index (χ1) is 8.47. The number of halogens is 1. The molecular formula is C15H21BrO2. The van der Waals surface area contributed by atoms with Gasteiger partial charge in [0.15, 0.2) is 0 Å². The van der Waals surface area contributed by atoms with Crippen LogP contribution in [-0.2, 0) is 0 Å². The molecule has 0 radical (unpaired) electrons. The van der Waals surface area contributed by atoms with Gasteiger partial charge in [0.2, 0.25) is 0 Å². The topological polar surface area (TPSA) is 29.5 Å². The summed E-state index contributed by atoms with van der Waals surface area (Å²) in [5.41, 5.74) is 3.09. The van der Waals surface area contributed by atoms with Crippen molar-refractivity contribution in [3.8, 4) is 5.75 Å². The van der Waals surface area contributed by atoms with Gasteiger partial charge >= 0.3 is 0 Å². The zero-order chi connectivity index (χ0) is 13.4. The Morgan fingerprint density at radius 2 is 2.00 bits per heavy atom. The van der Waals surface area contributed by atoms with E-state index in [0.29, 0.717) is 11.8 Å². The van der Waals surface area contributed by atoms with Gasteiger partial charge < -0.3 is 9.84 Å². The van der Waals surface area contributed by atoms with Crippen LogP contribution in [0.4, 0.5) is 0 Å². The van der Waals surface area contributed by atoms with Crippen molar-refractivity contribution in [1.29, 1.82) is 0 Å². The number of methoxy groups -OCH3 is 1. The van der Waals surface area contributed by atoms with E-state index in [1.807, 2.05) is 19.9 Å². The molecule has 1 N–H and O–H groups in total. The van der Waals surface area contributed by atoms with E-state index in [0.717, 1.165) is 26.9 Å². The van der Waals surface area contributed by atoms with Crippen molar-refractivity contribution in [2.75, 3.05) is 7.11 Å². The van der Waals surface area contributed by atoms with Crippen LogP contribution >= 0.6 is 15.9 Å². The van der Waals surface area contributed by atoms with Gasteiger partial charge in [-0.1, -0.05) is 22.9 Å². The maximum Gasteiger partial charge on any atom is 0.127 e. The fourth-order valence-electron chi connectivity index (χ4n) is 2.65. The zero-order valence-electron chi connectivity index (χ0n) is 11.5.